The summed E-state index contributed by atoms with van der Waals surface area (Å²) in [5, 5.41) is 50.1. The summed E-state index contributed by atoms with van der Waals surface area (Å²) < 4.78 is 80.0. The molecule has 0 bridgehead atoms. The number of hydrogen-bond acceptors (Lipinski definition) is 11. The normalized spacial score (nSPS) is 30.0. The molecular formula is C31H47FN4O11S2. The quantitative estimate of drug-likeness (QED) is 0.117. The zero-order valence-electron chi connectivity index (χ0n) is 28.1. The number of carbonyl (C=O) groups excluding carboxylic acids is 1. The molecule has 0 spiro atoms. The molecule has 0 saturated carbocycles. The molecule has 2 heterocycles. The highest BCUT2D eigenvalue weighted by molar-refractivity contribution is 7.91. The van der Waals surface area contributed by atoms with Gasteiger partial charge in [-0.1, -0.05) is 38.8 Å². The lowest BCUT2D eigenvalue weighted by Crippen LogP contribution is -2.62. The van der Waals surface area contributed by atoms with Crippen LogP contribution in [0.3, 0.4) is 0 Å². The first-order valence-corrected chi connectivity index (χ1v) is 18.8. The summed E-state index contributed by atoms with van der Waals surface area (Å²) in [7, 11) is -6.14. The lowest BCUT2D eigenvalue weighted by molar-refractivity contribution is -0.202. The first kappa shape index (κ1) is 40.6. The molecule has 0 unspecified atom stereocenters. The number of carbonyl (C=O) groups is 1. The maximum atomic E-state index is 14.4. The van der Waals surface area contributed by atoms with Crippen molar-refractivity contribution in [3.63, 3.8) is 0 Å². The van der Waals surface area contributed by atoms with Crippen molar-refractivity contribution in [2.45, 2.75) is 87.2 Å². The van der Waals surface area contributed by atoms with Gasteiger partial charge in [-0.15, -0.1) is 0 Å². The number of anilines is 1. The third kappa shape index (κ3) is 8.94. The summed E-state index contributed by atoms with van der Waals surface area (Å²) in [6, 6.07) is 9.55. The maximum Gasteiger partial charge on any atom is 0.321 e. The molecule has 2 amide bonds. The number of quaternary nitrogens is 2. The van der Waals surface area contributed by atoms with Crippen LogP contribution in [0.25, 0.3) is 0 Å². The number of unbranched alkanes of at least 4 members (excludes halogenated alkanes) is 1. The molecule has 2 aromatic carbocycles. The predicted octanol–water partition coefficient (Wildman–Crippen LogP) is 2.45. The number of hydrogen-bond donors (Lipinski definition) is 6. The van der Waals surface area contributed by atoms with Gasteiger partial charge in [-0.3, -0.25) is 0 Å². The Morgan fingerprint density at radius 2 is 1.80 bits per heavy atom. The topological polar surface area (TPSA) is 262 Å². The molecule has 276 valence electrons. The van der Waals surface area contributed by atoms with Crippen LogP contribution in [0.1, 0.15) is 56.6 Å². The molecule has 0 aromatic heterocycles. The van der Waals surface area contributed by atoms with Crippen molar-refractivity contribution < 1.29 is 50.6 Å². The minimum absolute atomic E-state index is 0. The summed E-state index contributed by atoms with van der Waals surface area (Å²) in [5.74, 6) is -2.59. The van der Waals surface area contributed by atoms with Gasteiger partial charge in [-0.25, -0.2) is 26.0 Å². The average molecular weight is 735 g/mol. The Bertz CT molecular complexity index is 1710. The van der Waals surface area contributed by atoms with Gasteiger partial charge in [0, 0.05) is 29.2 Å². The van der Waals surface area contributed by atoms with Gasteiger partial charge >= 0.3 is 6.03 Å². The predicted molar refractivity (Wildman–Crippen MR) is 180 cm³/mol. The largest absolute Gasteiger partial charge is 0.748 e. The highest BCUT2D eigenvalue weighted by atomic mass is 32.2. The fraction of sp³-hybridized carbons (Fsp3) is 0.581. The van der Waals surface area contributed by atoms with E-state index in [4.69, 9.17) is 4.74 Å². The monoisotopic (exact) mass is 734 g/mol. The van der Waals surface area contributed by atoms with Crippen molar-refractivity contribution in [2.24, 2.45) is 5.41 Å². The Balaban J connectivity index is 0.00000650. The molecule has 15 nitrogen and oxygen atoms in total. The Morgan fingerprint density at radius 1 is 1.12 bits per heavy atom. The van der Waals surface area contributed by atoms with Gasteiger partial charge < -0.3 is 51.2 Å². The molecule has 2 aromatic rings. The van der Waals surface area contributed by atoms with Crippen LogP contribution in [0.4, 0.5) is 20.6 Å². The first-order valence-electron chi connectivity index (χ1n) is 15.6. The SMILES string of the molecule is CCCC[C@]1(CC)CS(=O)(=O)c2ccc([N+](C)(C)[O-])cc2[C@@H](c2cccc(NC(=O)N[C@@H]3O[C@H](CS(=O)(=O)[O-])[C@@H](F)[C@H](O)[C@H]3O)c2)[C@H]1O.[NH4+]. The summed E-state index contributed by atoms with van der Waals surface area (Å²) in [6.45, 7) is 3.79. The molecule has 0 aliphatic carbocycles. The highest BCUT2D eigenvalue weighted by Crippen LogP contribution is 2.49. The number of amides is 2. The number of aliphatic hydroxyl groups is 3. The van der Waals surface area contributed by atoms with Gasteiger partial charge in [0.25, 0.3) is 0 Å². The van der Waals surface area contributed by atoms with E-state index in [0.717, 1.165) is 6.42 Å². The van der Waals surface area contributed by atoms with Crippen LogP contribution >= 0.6 is 0 Å². The van der Waals surface area contributed by atoms with Gasteiger partial charge in [-0.2, -0.15) is 0 Å². The number of fused-ring (bicyclic) bond motifs is 1. The van der Waals surface area contributed by atoms with Crippen molar-refractivity contribution in [3.8, 4) is 0 Å². The van der Waals surface area contributed by atoms with Crippen molar-refractivity contribution in [1.82, 2.24) is 16.1 Å². The van der Waals surface area contributed by atoms with Gasteiger partial charge in [0.2, 0.25) is 0 Å². The molecule has 8 atom stereocenters. The number of hydroxylamine groups is 2. The standard InChI is InChI=1S/C31H44FN3O11S2.H3N/c1-5-7-13-31(6-2)17-47(41,42)23-12-11-20(35(3,4)40)15-21(23)24(28(31)38)18-9-8-10-19(14-18)33-30(39)34-29-27(37)26(36)25(32)22(46-29)16-48(43,44)45;/h8-12,14-15,22,24-29,36-38H,5-7,13,16-17H2,1-4H3,(H2,33,34,39)(H,43,44,45);1H3/t22-,24-,25-,26+,27-,28-,29-,31-;/m1./s1. The van der Waals surface area contributed by atoms with Crippen LogP contribution in [-0.4, -0.2) is 105 Å². The number of urea groups is 1. The van der Waals surface area contributed by atoms with Crippen molar-refractivity contribution in [1.29, 1.82) is 0 Å². The summed E-state index contributed by atoms with van der Waals surface area (Å²) >= 11 is 0. The summed E-state index contributed by atoms with van der Waals surface area (Å²) in [5.41, 5.74) is 0.0266. The van der Waals surface area contributed by atoms with Crippen molar-refractivity contribution in [3.05, 3.63) is 58.8 Å². The molecule has 4 rings (SSSR count). The van der Waals surface area contributed by atoms with Crippen LogP contribution in [-0.2, 0) is 24.7 Å². The first-order chi connectivity index (χ1) is 22.2. The third-order valence-electron chi connectivity index (χ3n) is 9.25. The summed E-state index contributed by atoms with van der Waals surface area (Å²) in [6.07, 6.45) is -9.37. The molecule has 2 aliphatic rings. The van der Waals surface area contributed by atoms with E-state index in [0.29, 0.717) is 24.8 Å². The van der Waals surface area contributed by atoms with Crippen molar-refractivity contribution >= 4 is 37.4 Å². The van der Waals surface area contributed by atoms with Crippen LogP contribution in [0.5, 0.6) is 0 Å². The van der Waals surface area contributed by atoms with E-state index in [2.05, 4.69) is 10.6 Å². The zero-order valence-corrected chi connectivity index (χ0v) is 29.7. The number of nitrogens with one attached hydrogen (secondary N) is 2. The molecule has 9 N–H and O–H groups in total. The third-order valence-corrected chi connectivity index (χ3v) is 12.0. The smallest absolute Gasteiger partial charge is 0.321 e. The number of benzene rings is 2. The molecule has 1 fully saturated rings. The van der Waals surface area contributed by atoms with E-state index in [1.807, 2.05) is 13.8 Å². The average Bonchev–Trinajstić information content (AvgIpc) is 3.06. The fourth-order valence-electron chi connectivity index (χ4n) is 6.55. The number of rotatable bonds is 10. The molecule has 49 heavy (non-hydrogen) atoms. The van der Waals surface area contributed by atoms with E-state index < -0.39 is 84.5 Å². The Morgan fingerprint density at radius 3 is 2.39 bits per heavy atom. The highest BCUT2D eigenvalue weighted by Gasteiger charge is 2.49. The van der Waals surface area contributed by atoms with Gasteiger partial charge in [0.1, 0.15) is 24.0 Å². The van der Waals surface area contributed by atoms with Crippen molar-refractivity contribution in [2.75, 3.05) is 30.9 Å². The Hall–Kier alpha value is -2.78. The van der Waals surface area contributed by atoms with E-state index in [-0.39, 0.29) is 33.7 Å². The number of sulfone groups is 1. The van der Waals surface area contributed by atoms with E-state index >= 15 is 0 Å². The Labute approximate surface area is 285 Å². The molecule has 1 saturated heterocycles. The second kappa shape index (κ2) is 15.2. The second-order valence-electron chi connectivity index (χ2n) is 13.0. The van der Waals surface area contributed by atoms with E-state index in [1.54, 1.807) is 12.1 Å². The minimum Gasteiger partial charge on any atom is -0.748 e. The van der Waals surface area contributed by atoms with Crippen LogP contribution in [0.15, 0.2) is 47.4 Å². The number of alkyl halides is 1. The molecule has 2 aliphatic heterocycles. The fourth-order valence-corrected chi connectivity index (χ4v) is 9.47. The minimum atomic E-state index is -4.99. The lowest BCUT2D eigenvalue weighted by atomic mass is 9.69. The van der Waals surface area contributed by atoms with Crippen LogP contribution in [0, 0.1) is 10.6 Å². The van der Waals surface area contributed by atoms with Gasteiger partial charge in [-0.05, 0) is 42.2 Å². The van der Waals surface area contributed by atoms with Gasteiger partial charge in [0.05, 0.1) is 46.7 Å². The number of aliphatic hydroxyl groups excluding tert-OH is 3. The van der Waals surface area contributed by atoms with Gasteiger partial charge in [0.15, 0.2) is 22.2 Å². The number of halogens is 1. The lowest BCUT2D eigenvalue weighted by Gasteiger charge is -2.40. The van der Waals surface area contributed by atoms with Crippen LogP contribution in [0.2, 0.25) is 0 Å². The number of nitrogens with zero attached hydrogens (tertiary/aromatic N) is 1. The summed E-state index contributed by atoms with van der Waals surface area (Å²) in [4.78, 5) is 13.0. The Kier molecular flexibility index (Phi) is 12.6. The maximum absolute atomic E-state index is 14.4. The molecule has 18 heteroatoms. The van der Waals surface area contributed by atoms with E-state index in [1.165, 1.54) is 44.4 Å². The van der Waals surface area contributed by atoms with Crippen LogP contribution < -0.4 is 21.4 Å². The zero-order chi connectivity index (χ0) is 35.8. The molecule has 0 radical (unpaired) electrons. The number of ether oxygens (including phenoxy) is 1. The second-order valence-corrected chi connectivity index (χ2v) is 16.4. The van der Waals surface area contributed by atoms with E-state index in [9.17, 15) is 51.1 Å². The molecular weight excluding hydrogens is 687 g/mol.